The molecule has 2 aromatic heterocycles. The van der Waals surface area contributed by atoms with E-state index in [1.165, 1.54) is 85.8 Å². The van der Waals surface area contributed by atoms with Crippen molar-refractivity contribution in [2.24, 2.45) is 0 Å². The summed E-state index contributed by atoms with van der Waals surface area (Å²) >= 11 is 1.88. The summed E-state index contributed by atoms with van der Waals surface area (Å²) in [5, 5.41) is 10.1. The molecule has 2 nitrogen and oxygen atoms in total. The Hall–Kier alpha value is -7.46. The van der Waals surface area contributed by atoms with Crippen LogP contribution < -0.4 is 4.90 Å². The Morgan fingerprint density at radius 2 is 1.02 bits per heavy atom. The Labute approximate surface area is 346 Å². The van der Waals surface area contributed by atoms with Crippen molar-refractivity contribution >= 4 is 91.9 Å². The number of aromatic nitrogens is 1. The number of para-hydroxylation sites is 2. The molecule has 0 saturated carbocycles. The lowest BCUT2D eigenvalue weighted by molar-refractivity contribution is 1.18. The van der Waals surface area contributed by atoms with E-state index in [-0.39, 0.29) is 0 Å². The molecule has 0 amide bonds. The van der Waals surface area contributed by atoms with Gasteiger partial charge in [-0.25, -0.2) is 0 Å². The van der Waals surface area contributed by atoms with E-state index in [4.69, 9.17) is 0 Å². The van der Waals surface area contributed by atoms with E-state index in [1.54, 1.807) is 0 Å². The highest BCUT2D eigenvalue weighted by atomic mass is 32.1. The van der Waals surface area contributed by atoms with Crippen LogP contribution in [0, 0.1) is 0 Å². The number of hydrogen-bond donors (Lipinski definition) is 0. The van der Waals surface area contributed by atoms with Crippen molar-refractivity contribution in [2.75, 3.05) is 4.90 Å². The largest absolute Gasteiger partial charge is 0.309 e. The topological polar surface area (TPSA) is 8.17 Å². The summed E-state index contributed by atoms with van der Waals surface area (Å²) < 4.78 is 4.98. The van der Waals surface area contributed by atoms with Gasteiger partial charge in [0.1, 0.15) is 0 Å². The first-order chi connectivity index (χ1) is 29.3. The van der Waals surface area contributed by atoms with Crippen molar-refractivity contribution in [2.45, 2.75) is 0 Å². The summed E-state index contributed by atoms with van der Waals surface area (Å²) in [7, 11) is 0. The van der Waals surface area contributed by atoms with Gasteiger partial charge < -0.3 is 9.47 Å². The summed E-state index contributed by atoms with van der Waals surface area (Å²) in [6, 6.07) is 79.9. The predicted octanol–water partition coefficient (Wildman–Crippen LogP) is 16.3. The SMILES string of the molecule is c1ccc(-c2c(-c3ccc(N(c4ccc5c6ccccc6n(-c6ccccc6)c5c4)c4cccc5c4sc4ccc6ccccc6c45)cc3)ccc3ccccc23)cc1. The molecule has 0 aliphatic rings. The first-order valence-corrected chi connectivity index (χ1v) is 21.0. The molecule has 0 aliphatic heterocycles. The Bertz CT molecular complexity index is 3540. The third-order valence-electron chi connectivity index (χ3n) is 12.0. The fourth-order valence-electron chi connectivity index (χ4n) is 9.33. The molecule has 0 atom stereocenters. The van der Waals surface area contributed by atoms with Crippen LogP contribution in [0.2, 0.25) is 0 Å². The first-order valence-electron chi connectivity index (χ1n) is 20.2. The number of fused-ring (bicyclic) bond motifs is 9. The standard InChI is InChI=1S/C56H36N2S/c1-3-16-40(17-4-1)54-44-20-9-7-14-37(44)28-33-46(54)39-26-30-42(31-27-39)57(51-25-13-23-49-55-45-21-10-8-15-38(45)29-35-53(55)59-56(49)51)43-32-34-48-47-22-11-12-24-50(47)58(52(48)36-43)41-18-5-2-6-19-41/h1-36H. The number of thiophene rings is 1. The van der Waals surface area contributed by atoms with Gasteiger partial charge in [0.2, 0.25) is 0 Å². The van der Waals surface area contributed by atoms with Gasteiger partial charge in [-0.15, -0.1) is 11.3 Å². The number of nitrogens with zero attached hydrogens (tertiary/aromatic N) is 2. The van der Waals surface area contributed by atoms with Crippen molar-refractivity contribution in [1.82, 2.24) is 4.57 Å². The van der Waals surface area contributed by atoms with Gasteiger partial charge in [0.25, 0.3) is 0 Å². The van der Waals surface area contributed by atoms with Crippen LogP contribution in [-0.2, 0) is 0 Å². The minimum atomic E-state index is 1.10. The van der Waals surface area contributed by atoms with E-state index in [9.17, 15) is 0 Å². The molecule has 0 saturated heterocycles. The molecule has 0 N–H and O–H groups in total. The van der Waals surface area contributed by atoms with E-state index >= 15 is 0 Å². The monoisotopic (exact) mass is 768 g/mol. The third kappa shape index (κ3) is 5.40. The Kier molecular flexibility index (Phi) is 7.75. The number of benzene rings is 10. The fraction of sp³-hybridized carbons (Fsp3) is 0. The molecular weight excluding hydrogens is 733 g/mol. The minimum Gasteiger partial charge on any atom is -0.309 e. The van der Waals surface area contributed by atoms with Crippen molar-refractivity contribution in [3.63, 3.8) is 0 Å². The second-order valence-corrected chi connectivity index (χ2v) is 16.3. The van der Waals surface area contributed by atoms with Crippen LogP contribution in [0.1, 0.15) is 0 Å². The number of rotatable bonds is 6. The zero-order valence-corrected chi connectivity index (χ0v) is 32.9. The number of anilines is 3. The Morgan fingerprint density at radius 1 is 0.390 bits per heavy atom. The molecule has 10 aromatic carbocycles. The van der Waals surface area contributed by atoms with Crippen LogP contribution in [0.15, 0.2) is 218 Å². The van der Waals surface area contributed by atoms with Crippen LogP contribution in [0.4, 0.5) is 17.1 Å². The number of hydrogen-bond acceptors (Lipinski definition) is 2. The highest BCUT2D eigenvalue weighted by Crippen LogP contribution is 2.48. The average Bonchev–Trinajstić information content (AvgIpc) is 3.86. The first kappa shape index (κ1) is 33.7. The van der Waals surface area contributed by atoms with Gasteiger partial charge in [-0.2, -0.15) is 0 Å². The molecule has 3 heteroatoms. The summed E-state index contributed by atoms with van der Waals surface area (Å²) in [5.41, 5.74) is 11.8. The van der Waals surface area contributed by atoms with E-state index < -0.39 is 0 Å². The van der Waals surface area contributed by atoms with Crippen LogP contribution in [0.3, 0.4) is 0 Å². The molecule has 0 spiro atoms. The maximum Gasteiger partial charge on any atom is 0.0640 e. The van der Waals surface area contributed by atoms with Crippen LogP contribution in [-0.4, -0.2) is 4.57 Å². The van der Waals surface area contributed by atoms with Crippen LogP contribution >= 0.6 is 11.3 Å². The van der Waals surface area contributed by atoms with Gasteiger partial charge in [-0.3, -0.25) is 0 Å². The molecule has 2 heterocycles. The average molecular weight is 769 g/mol. The van der Waals surface area contributed by atoms with E-state index in [2.05, 4.69) is 228 Å². The molecule has 0 bridgehead atoms. The van der Waals surface area contributed by atoms with Gasteiger partial charge in [-0.05, 0) is 98.4 Å². The molecule has 59 heavy (non-hydrogen) atoms. The smallest absolute Gasteiger partial charge is 0.0640 e. The van der Waals surface area contributed by atoms with E-state index in [0.29, 0.717) is 0 Å². The second kappa shape index (κ2) is 13.6. The Morgan fingerprint density at radius 3 is 1.83 bits per heavy atom. The maximum absolute atomic E-state index is 2.47. The van der Waals surface area contributed by atoms with Crippen molar-refractivity contribution < 1.29 is 0 Å². The maximum atomic E-state index is 2.47. The van der Waals surface area contributed by atoms with Gasteiger partial charge in [0.15, 0.2) is 0 Å². The lowest BCUT2D eigenvalue weighted by Crippen LogP contribution is -2.10. The van der Waals surface area contributed by atoms with Crippen LogP contribution in [0.5, 0.6) is 0 Å². The summed E-state index contributed by atoms with van der Waals surface area (Å²) in [6.45, 7) is 0. The van der Waals surface area contributed by atoms with Crippen molar-refractivity contribution in [3.8, 4) is 27.9 Å². The molecular formula is C56H36N2S. The third-order valence-corrected chi connectivity index (χ3v) is 13.2. The summed E-state index contributed by atoms with van der Waals surface area (Å²) in [4.78, 5) is 2.47. The fourth-order valence-corrected chi connectivity index (χ4v) is 10.5. The van der Waals surface area contributed by atoms with Crippen LogP contribution in [0.25, 0.3) is 91.5 Å². The van der Waals surface area contributed by atoms with Gasteiger partial charge >= 0.3 is 0 Å². The normalized spacial score (nSPS) is 11.7. The van der Waals surface area contributed by atoms with Crippen molar-refractivity contribution in [1.29, 1.82) is 0 Å². The van der Waals surface area contributed by atoms with E-state index in [1.807, 2.05) is 11.3 Å². The second-order valence-electron chi connectivity index (χ2n) is 15.3. The highest BCUT2D eigenvalue weighted by molar-refractivity contribution is 7.26. The summed E-state index contributed by atoms with van der Waals surface area (Å²) in [5.74, 6) is 0. The molecule has 0 aliphatic carbocycles. The summed E-state index contributed by atoms with van der Waals surface area (Å²) in [6.07, 6.45) is 0. The lowest BCUT2D eigenvalue weighted by Gasteiger charge is -2.27. The van der Waals surface area contributed by atoms with E-state index in [0.717, 1.165) is 22.7 Å². The highest BCUT2D eigenvalue weighted by Gasteiger charge is 2.22. The molecule has 0 radical (unpaired) electrons. The predicted molar refractivity (Wildman–Crippen MR) is 254 cm³/mol. The molecule has 12 aromatic rings. The zero-order chi connectivity index (χ0) is 38.9. The lowest BCUT2D eigenvalue weighted by atomic mass is 9.90. The van der Waals surface area contributed by atoms with Gasteiger partial charge in [-0.1, -0.05) is 164 Å². The molecule has 276 valence electrons. The quantitative estimate of drug-likeness (QED) is 0.164. The Balaban J connectivity index is 1.10. The molecule has 0 fully saturated rings. The van der Waals surface area contributed by atoms with Gasteiger partial charge in [0.05, 0.1) is 21.4 Å². The molecule has 12 rings (SSSR count). The minimum absolute atomic E-state index is 1.10. The van der Waals surface area contributed by atoms with Gasteiger partial charge in [0, 0.05) is 43.3 Å². The zero-order valence-electron chi connectivity index (χ0n) is 32.1. The molecule has 0 unspecified atom stereocenters. The van der Waals surface area contributed by atoms with Crippen molar-refractivity contribution in [3.05, 3.63) is 218 Å².